The highest BCUT2D eigenvalue weighted by Crippen LogP contribution is 2.30. The van der Waals surface area contributed by atoms with Gasteiger partial charge in [0.2, 0.25) is 0 Å². The van der Waals surface area contributed by atoms with Crippen LogP contribution in [0.4, 0.5) is 0 Å². The summed E-state index contributed by atoms with van der Waals surface area (Å²) in [5, 5.41) is 27.6. The molecular weight excluding hydrogens is 302 g/mol. The summed E-state index contributed by atoms with van der Waals surface area (Å²) in [5.41, 5.74) is 10.2. The molecule has 1 aromatic heterocycles. The molecule has 6 heteroatoms. The van der Waals surface area contributed by atoms with Crippen LogP contribution in [0.15, 0.2) is 42.6 Å². The predicted molar refractivity (Wildman–Crippen MR) is 94.8 cm³/mol. The van der Waals surface area contributed by atoms with Gasteiger partial charge in [-0.2, -0.15) is 5.10 Å². The van der Waals surface area contributed by atoms with Crippen molar-refractivity contribution >= 4 is 17.4 Å². The first kappa shape index (κ1) is 15.9. The van der Waals surface area contributed by atoms with Gasteiger partial charge in [0.15, 0.2) is 6.21 Å². The molecule has 0 spiro atoms. The summed E-state index contributed by atoms with van der Waals surface area (Å²) in [4.78, 5) is 0. The Morgan fingerprint density at radius 3 is 2.58 bits per heavy atom. The van der Waals surface area contributed by atoms with Crippen molar-refractivity contribution in [2.75, 3.05) is 13.1 Å². The minimum absolute atomic E-state index is 0.108. The second-order valence-corrected chi connectivity index (χ2v) is 5.51. The number of aromatic hydroxyl groups is 1. The van der Waals surface area contributed by atoms with E-state index in [-0.39, 0.29) is 5.75 Å². The van der Waals surface area contributed by atoms with Crippen molar-refractivity contribution in [3.8, 4) is 17.0 Å². The molecule has 1 aliphatic rings. The first-order chi connectivity index (χ1) is 11.7. The van der Waals surface area contributed by atoms with Crippen LogP contribution in [0.3, 0.4) is 0 Å². The van der Waals surface area contributed by atoms with Gasteiger partial charge in [0.25, 0.3) is 0 Å². The Hall–Kier alpha value is -2.99. The van der Waals surface area contributed by atoms with E-state index in [4.69, 9.17) is 11.1 Å². The summed E-state index contributed by atoms with van der Waals surface area (Å²) in [5.74, 6) is 0.108. The lowest BCUT2D eigenvalue weighted by Crippen LogP contribution is -2.30. The van der Waals surface area contributed by atoms with E-state index in [0.717, 1.165) is 30.8 Å². The number of benzene rings is 1. The molecule has 1 aromatic carbocycles. The Kier molecular flexibility index (Phi) is 4.67. The molecule has 2 heterocycles. The first-order valence-electron chi connectivity index (χ1n) is 7.77. The van der Waals surface area contributed by atoms with Crippen molar-refractivity contribution < 1.29 is 10.5 Å². The Morgan fingerprint density at radius 1 is 1.21 bits per heavy atom. The van der Waals surface area contributed by atoms with E-state index < -0.39 is 0 Å². The normalized spacial score (nSPS) is 15.0. The number of nitrogens with two attached hydrogens (primary N) is 2. The van der Waals surface area contributed by atoms with Crippen molar-refractivity contribution in [3.05, 3.63) is 53.9 Å². The number of phenols is 1. The fraction of sp³-hybridized carbons (Fsp3) is 0.167. The predicted octanol–water partition coefficient (Wildman–Crippen LogP) is 0.355. The number of nitrogens with one attached hydrogen (secondary N) is 1. The van der Waals surface area contributed by atoms with Crippen LogP contribution in [-0.2, 0) is 0 Å². The van der Waals surface area contributed by atoms with Crippen molar-refractivity contribution in [3.63, 3.8) is 0 Å². The van der Waals surface area contributed by atoms with Gasteiger partial charge in [-0.15, -0.1) is 5.10 Å². The quantitative estimate of drug-likeness (QED) is 0.608. The van der Waals surface area contributed by atoms with Crippen molar-refractivity contribution in [1.82, 2.24) is 15.5 Å². The number of allylic oxidation sites excluding steroid dienone is 1. The standard InChI is InChI=1S/C18H19N5O/c19-10-14(11-20)13-1-2-15(18(24)9-13)17-4-3-16(22-23-17)12-5-7-21-8-6-12/h1-5,9-11,19,21,24H,6-8,20H2/p+1/b14-11+,19-10?. The number of aromatic nitrogens is 2. The fourth-order valence-corrected chi connectivity index (χ4v) is 2.68. The van der Waals surface area contributed by atoms with Crippen molar-refractivity contribution in [2.45, 2.75) is 6.42 Å². The van der Waals surface area contributed by atoms with Crippen LogP contribution in [0.25, 0.3) is 22.4 Å². The Morgan fingerprint density at radius 2 is 2.00 bits per heavy atom. The van der Waals surface area contributed by atoms with E-state index in [2.05, 4.69) is 21.6 Å². The molecular formula is C18H20N5O+. The lowest BCUT2D eigenvalue weighted by Gasteiger charge is -2.13. The summed E-state index contributed by atoms with van der Waals surface area (Å²) >= 11 is 0. The lowest BCUT2D eigenvalue weighted by atomic mass is 10.0. The number of phenolic OH excluding ortho intramolecular Hbond substituents is 1. The molecule has 3 rings (SSSR count). The molecule has 2 aromatic rings. The highest BCUT2D eigenvalue weighted by molar-refractivity contribution is 6.07. The van der Waals surface area contributed by atoms with Crippen LogP contribution >= 0.6 is 0 Å². The van der Waals surface area contributed by atoms with Gasteiger partial charge in [0.1, 0.15) is 5.75 Å². The Balaban J connectivity index is 1.89. The third kappa shape index (κ3) is 3.18. The van der Waals surface area contributed by atoms with Gasteiger partial charge < -0.3 is 16.2 Å². The van der Waals surface area contributed by atoms with Crippen LogP contribution in [0.5, 0.6) is 5.75 Å². The largest absolute Gasteiger partial charge is 0.507 e. The van der Waals surface area contributed by atoms with Gasteiger partial charge in [0.05, 0.1) is 17.0 Å². The van der Waals surface area contributed by atoms with Gasteiger partial charge in [-0.05, 0) is 48.4 Å². The van der Waals surface area contributed by atoms with Gasteiger partial charge in [-0.25, -0.2) is 0 Å². The molecule has 0 fully saturated rings. The Bertz CT molecular complexity index is 809. The van der Waals surface area contributed by atoms with Crippen LogP contribution in [-0.4, -0.2) is 34.6 Å². The van der Waals surface area contributed by atoms with Crippen LogP contribution in [0.1, 0.15) is 17.7 Å². The smallest absolute Gasteiger partial charge is 0.169 e. The Labute approximate surface area is 140 Å². The van der Waals surface area contributed by atoms with Gasteiger partial charge >= 0.3 is 0 Å². The minimum atomic E-state index is 0.108. The second-order valence-electron chi connectivity index (χ2n) is 5.51. The highest BCUT2D eigenvalue weighted by Gasteiger charge is 2.12. The van der Waals surface area contributed by atoms with E-state index in [1.807, 2.05) is 18.2 Å². The summed E-state index contributed by atoms with van der Waals surface area (Å²) in [6.45, 7) is 1.81. The number of hydrogen-bond donors (Lipinski definition) is 4. The van der Waals surface area contributed by atoms with E-state index in [9.17, 15) is 5.11 Å². The summed E-state index contributed by atoms with van der Waals surface area (Å²) in [7, 11) is 0. The minimum Gasteiger partial charge on any atom is -0.507 e. The average Bonchev–Trinajstić information content (AvgIpc) is 2.64. The molecule has 0 aliphatic carbocycles. The average molecular weight is 322 g/mol. The SMILES string of the molecule is N/C=C(\C=[NH2+])c1ccc(-c2ccc(C3=CCNCC3)nn2)c(O)c1. The zero-order valence-electron chi connectivity index (χ0n) is 13.2. The zero-order chi connectivity index (χ0) is 16.9. The molecule has 6 N–H and O–H groups in total. The molecule has 0 unspecified atom stereocenters. The van der Waals surface area contributed by atoms with Gasteiger partial charge in [-0.3, -0.25) is 5.41 Å². The number of rotatable bonds is 4. The molecule has 6 nitrogen and oxygen atoms in total. The molecule has 0 saturated heterocycles. The maximum atomic E-state index is 10.3. The van der Waals surface area contributed by atoms with E-state index in [0.29, 0.717) is 16.8 Å². The van der Waals surface area contributed by atoms with Crippen molar-refractivity contribution in [1.29, 1.82) is 0 Å². The number of nitrogens with zero attached hydrogens (tertiary/aromatic N) is 2. The molecule has 0 radical (unpaired) electrons. The monoisotopic (exact) mass is 322 g/mol. The van der Waals surface area contributed by atoms with E-state index in [1.165, 1.54) is 18.0 Å². The summed E-state index contributed by atoms with van der Waals surface area (Å²) < 4.78 is 0. The molecule has 0 bridgehead atoms. The fourth-order valence-electron chi connectivity index (χ4n) is 2.68. The molecule has 122 valence electrons. The van der Waals surface area contributed by atoms with Gasteiger partial charge in [0, 0.05) is 18.3 Å². The first-order valence-corrected chi connectivity index (χ1v) is 7.77. The summed E-state index contributed by atoms with van der Waals surface area (Å²) in [6, 6.07) is 9.04. The maximum absolute atomic E-state index is 10.3. The van der Waals surface area contributed by atoms with Gasteiger partial charge in [-0.1, -0.05) is 12.1 Å². The lowest BCUT2D eigenvalue weighted by molar-refractivity contribution is -0.103. The highest BCUT2D eigenvalue weighted by atomic mass is 16.3. The number of hydrogen-bond acceptors (Lipinski definition) is 5. The van der Waals surface area contributed by atoms with Crippen LogP contribution in [0, 0.1) is 0 Å². The summed E-state index contributed by atoms with van der Waals surface area (Å²) in [6.07, 6.45) is 5.87. The third-order valence-electron chi connectivity index (χ3n) is 4.02. The molecule has 0 saturated carbocycles. The van der Waals surface area contributed by atoms with E-state index >= 15 is 0 Å². The van der Waals surface area contributed by atoms with Crippen molar-refractivity contribution in [2.24, 2.45) is 5.73 Å². The second kappa shape index (κ2) is 7.06. The molecule has 24 heavy (non-hydrogen) atoms. The van der Waals surface area contributed by atoms with E-state index in [1.54, 1.807) is 12.1 Å². The maximum Gasteiger partial charge on any atom is 0.169 e. The molecule has 0 atom stereocenters. The topological polar surface area (TPSA) is 110 Å². The zero-order valence-corrected chi connectivity index (χ0v) is 13.2. The molecule has 1 aliphatic heterocycles. The van der Waals surface area contributed by atoms with Crippen LogP contribution in [0.2, 0.25) is 0 Å². The third-order valence-corrected chi connectivity index (χ3v) is 4.02. The van der Waals surface area contributed by atoms with Crippen LogP contribution < -0.4 is 16.5 Å². The molecule has 0 amide bonds.